The molecular weight excluding hydrogens is 246 g/mol. The molecule has 0 aliphatic rings. The quantitative estimate of drug-likeness (QED) is 0.817. The van der Waals surface area contributed by atoms with Crippen LogP contribution < -0.4 is 5.73 Å². The first-order valence-electron chi connectivity index (χ1n) is 5.79. The molecule has 102 valence electrons. The van der Waals surface area contributed by atoms with Crippen molar-refractivity contribution in [3.8, 4) is 0 Å². The zero-order valence-electron chi connectivity index (χ0n) is 10.6. The number of hydrogen-bond donors (Lipinski definition) is 1. The molecule has 1 nitrogen and oxygen atoms in total. The largest absolute Gasteiger partial charge is 0.419 e. The predicted octanol–water partition coefficient (Wildman–Crippen LogP) is 4.06. The Bertz CT molecular complexity index is 425. The van der Waals surface area contributed by atoms with Crippen LogP contribution in [0.1, 0.15) is 38.3 Å². The Labute approximate surface area is 104 Å². The summed E-state index contributed by atoms with van der Waals surface area (Å²) in [6.45, 7) is 5.47. The summed E-state index contributed by atoms with van der Waals surface area (Å²) in [7, 11) is 0. The van der Waals surface area contributed by atoms with E-state index in [1.54, 1.807) is 6.92 Å². The van der Waals surface area contributed by atoms with Gasteiger partial charge >= 0.3 is 6.18 Å². The van der Waals surface area contributed by atoms with Crippen molar-refractivity contribution in [1.29, 1.82) is 0 Å². The van der Waals surface area contributed by atoms with Crippen LogP contribution in [0.5, 0.6) is 0 Å². The lowest BCUT2D eigenvalue weighted by Crippen LogP contribution is -2.41. The molecule has 0 saturated carbocycles. The summed E-state index contributed by atoms with van der Waals surface area (Å²) in [5, 5.41) is 0. The fourth-order valence-electron chi connectivity index (χ4n) is 1.98. The van der Waals surface area contributed by atoms with E-state index in [9.17, 15) is 17.6 Å². The first-order chi connectivity index (χ1) is 8.13. The summed E-state index contributed by atoms with van der Waals surface area (Å²) in [5.41, 5.74) is 4.31. The van der Waals surface area contributed by atoms with Gasteiger partial charge in [-0.15, -0.1) is 0 Å². The van der Waals surface area contributed by atoms with Crippen LogP contribution in [-0.4, -0.2) is 0 Å². The highest BCUT2D eigenvalue weighted by atomic mass is 19.4. The average Bonchev–Trinajstić information content (AvgIpc) is 2.26. The molecule has 2 N–H and O–H groups in total. The fraction of sp³-hybridized carbons (Fsp3) is 0.538. The maximum atomic E-state index is 13.2. The summed E-state index contributed by atoms with van der Waals surface area (Å²) in [4.78, 5) is 0. The molecule has 0 bridgehead atoms. The van der Waals surface area contributed by atoms with Crippen LogP contribution in [0, 0.1) is 11.7 Å². The number of halogens is 4. The van der Waals surface area contributed by atoms with Gasteiger partial charge in [0.25, 0.3) is 0 Å². The van der Waals surface area contributed by atoms with E-state index in [4.69, 9.17) is 5.73 Å². The van der Waals surface area contributed by atoms with Gasteiger partial charge in [-0.05, 0) is 30.0 Å². The molecule has 1 atom stereocenters. The Morgan fingerprint density at radius 1 is 1.22 bits per heavy atom. The molecule has 0 heterocycles. The van der Waals surface area contributed by atoms with Gasteiger partial charge in [0.05, 0.1) is 5.56 Å². The molecule has 1 unspecified atom stereocenters. The average molecular weight is 263 g/mol. The lowest BCUT2D eigenvalue weighted by atomic mass is 9.78. The van der Waals surface area contributed by atoms with E-state index in [1.165, 1.54) is 6.07 Å². The minimum Gasteiger partial charge on any atom is -0.321 e. The maximum absolute atomic E-state index is 13.2. The van der Waals surface area contributed by atoms with Crippen LogP contribution in [0.2, 0.25) is 0 Å². The molecule has 0 aliphatic carbocycles. The minimum atomic E-state index is -4.70. The number of nitrogens with two attached hydrogens (primary N) is 1. The molecule has 5 heteroatoms. The second kappa shape index (κ2) is 4.88. The van der Waals surface area contributed by atoms with Crippen molar-refractivity contribution in [3.63, 3.8) is 0 Å². The Morgan fingerprint density at radius 3 is 2.17 bits per heavy atom. The summed E-state index contributed by atoms with van der Waals surface area (Å²) in [6.07, 6.45) is -4.22. The Hall–Kier alpha value is -1.10. The van der Waals surface area contributed by atoms with Gasteiger partial charge in [-0.25, -0.2) is 4.39 Å². The molecule has 0 fully saturated rings. The highest BCUT2D eigenvalue weighted by Crippen LogP contribution is 2.36. The molecule has 1 rings (SSSR count). The van der Waals surface area contributed by atoms with Crippen molar-refractivity contribution in [1.82, 2.24) is 0 Å². The SMILES string of the molecule is CCC(N)(c1ccc(F)c(C(F)(F)F)c1)C(C)C. The van der Waals surface area contributed by atoms with Crippen molar-refractivity contribution < 1.29 is 17.6 Å². The van der Waals surface area contributed by atoms with E-state index in [0.29, 0.717) is 12.0 Å². The summed E-state index contributed by atoms with van der Waals surface area (Å²) in [5.74, 6) is -1.32. The lowest BCUT2D eigenvalue weighted by molar-refractivity contribution is -0.140. The van der Waals surface area contributed by atoms with Gasteiger partial charge in [0.15, 0.2) is 0 Å². The zero-order valence-corrected chi connectivity index (χ0v) is 10.6. The van der Waals surface area contributed by atoms with Crippen LogP contribution >= 0.6 is 0 Å². The van der Waals surface area contributed by atoms with Gasteiger partial charge in [0.1, 0.15) is 5.82 Å². The molecule has 0 saturated heterocycles. The van der Waals surface area contributed by atoms with Crippen LogP contribution in [0.25, 0.3) is 0 Å². The van der Waals surface area contributed by atoms with Gasteiger partial charge in [0.2, 0.25) is 0 Å². The highest BCUT2D eigenvalue weighted by molar-refractivity contribution is 5.32. The Kier molecular flexibility index (Phi) is 4.05. The van der Waals surface area contributed by atoms with Gasteiger partial charge in [-0.3, -0.25) is 0 Å². The second-order valence-electron chi connectivity index (χ2n) is 4.74. The van der Waals surface area contributed by atoms with Gasteiger partial charge in [0, 0.05) is 5.54 Å². The lowest BCUT2D eigenvalue weighted by Gasteiger charge is -2.33. The van der Waals surface area contributed by atoms with Crippen LogP contribution in [0.3, 0.4) is 0 Å². The minimum absolute atomic E-state index is 0.0472. The third kappa shape index (κ3) is 2.66. The van der Waals surface area contributed by atoms with E-state index in [0.717, 1.165) is 12.1 Å². The molecule has 18 heavy (non-hydrogen) atoms. The number of benzene rings is 1. The molecule has 0 radical (unpaired) electrons. The Morgan fingerprint density at radius 2 is 1.78 bits per heavy atom. The van der Waals surface area contributed by atoms with E-state index < -0.39 is 23.1 Å². The Balaban J connectivity index is 3.36. The van der Waals surface area contributed by atoms with E-state index >= 15 is 0 Å². The summed E-state index contributed by atoms with van der Waals surface area (Å²) in [6, 6.07) is 2.98. The van der Waals surface area contributed by atoms with Crippen molar-refractivity contribution in [3.05, 3.63) is 35.1 Å². The first kappa shape index (κ1) is 15.0. The topological polar surface area (TPSA) is 26.0 Å². The fourth-order valence-corrected chi connectivity index (χ4v) is 1.98. The molecular formula is C13H17F4N. The van der Waals surface area contributed by atoms with Gasteiger partial charge in [-0.1, -0.05) is 26.8 Å². The molecule has 1 aromatic rings. The van der Waals surface area contributed by atoms with E-state index in [1.807, 2.05) is 13.8 Å². The summed E-state index contributed by atoms with van der Waals surface area (Å²) >= 11 is 0. The maximum Gasteiger partial charge on any atom is 0.419 e. The second-order valence-corrected chi connectivity index (χ2v) is 4.74. The summed E-state index contributed by atoms with van der Waals surface area (Å²) < 4.78 is 51.1. The standard InChI is InChI=1S/C13H17F4N/c1-4-12(18,8(2)3)9-5-6-11(14)10(7-9)13(15,16)17/h5-8H,4,18H2,1-3H3. The smallest absolute Gasteiger partial charge is 0.321 e. The van der Waals surface area contributed by atoms with Crippen molar-refractivity contribution in [2.24, 2.45) is 11.7 Å². The molecule has 0 aromatic heterocycles. The molecule has 1 aromatic carbocycles. The van der Waals surface area contributed by atoms with E-state index in [-0.39, 0.29) is 5.92 Å². The van der Waals surface area contributed by atoms with Gasteiger partial charge < -0.3 is 5.73 Å². The third-order valence-electron chi connectivity index (χ3n) is 3.42. The van der Waals surface area contributed by atoms with Crippen LogP contribution in [-0.2, 0) is 11.7 Å². The number of rotatable bonds is 3. The van der Waals surface area contributed by atoms with Crippen molar-refractivity contribution >= 4 is 0 Å². The molecule has 0 amide bonds. The molecule has 0 spiro atoms. The highest BCUT2D eigenvalue weighted by Gasteiger charge is 2.37. The van der Waals surface area contributed by atoms with Crippen LogP contribution in [0.4, 0.5) is 17.6 Å². The third-order valence-corrected chi connectivity index (χ3v) is 3.42. The van der Waals surface area contributed by atoms with Gasteiger partial charge in [-0.2, -0.15) is 13.2 Å². The zero-order chi connectivity index (χ0) is 14.1. The van der Waals surface area contributed by atoms with Crippen LogP contribution in [0.15, 0.2) is 18.2 Å². The molecule has 0 aliphatic heterocycles. The van der Waals surface area contributed by atoms with Crippen molar-refractivity contribution in [2.45, 2.75) is 38.9 Å². The predicted molar refractivity (Wildman–Crippen MR) is 62.4 cm³/mol. The number of hydrogen-bond acceptors (Lipinski definition) is 1. The van der Waals surface area contributed by atoms with Crippen molar-refractivity contribution in [2.75, 3.05) is 0 Å². The number of alkyl halides is 3. The first-order valence-corrected chi connectivity index (χ1v) is 5.79. The monoisotopic (exact) mass is 263 g/mol. The normalized spacial score (nSPS) is 15.8. The van der Waals surface area contributed by atoms with E-state index in [2.05, 4.69) is 0 Å².